The minimum Gasteiger partial charge on any atom is -0.550 e. The van der Waals surface area contributed by atoms with Gasteiger partial charge in [-0.05, 0) is 43.0 Å². The van der Waals surface area contributed by atoms with Crippen molar-refractivity contribution in [2.24, 2.45) is 0 Å². The first-order valence-corrected chi connectivity index (χ1v) is 12.5. The molecule has 4 N–H and O–H groups in total. The number of aliphatic hydroxyl groups is 2. The Hall–Kier alpha value is -2.27. The molecule has 0 aromatic heterocycles. The maximum atomic E-state index is 11.8. The summed E-state index contributed by atoms with van der Waals surface area (Å²) in [5.41, 5.74) is 2.80. The topological polar surface area (TPSA) is 148 Å². The molecule has 0 spiro atoms. The van der Waals surface area contributed by atoms with Gasteiger partial charge in [-0.1, -0.05) is 70.2 Å². The number of carboxylic acids is 1. The molecule has 2 unspecified atom stereocenters. The van der Waals surface area contributed by atoms with Crippen LogP contribution in [0, 0.1) is 0 Å². The molecule has 0 aliphatic rings. The first-order chi connectivity index (χ1) is 17.7. The number of carbonyl (C=O) groups is 3. The molecule has 10 heteroatoms. The number of aliphatic hydroxyl groups excluding tert-OH is 2. The van der Waals surface area contributed by atoms with Gasteiger partial charge < -0.3 is 35.5 Å². The summed E-state index contributed by atoms with van der Waals surface area (Å²) < 4.78 is 4.66. The van der Waals surface area contributed by atoms with E-state index < -0.39 is 24.9 Å². The summed E-state index contributed by atoms with van der Waals surface area (Å²) in [5.74, 6) is -1.61. The van der Waals surface area contributed by atoms with Gasteiger partial charge in [0.15, 0.2) is 0 Å². The fourth-order valence-corrected chi connectivity index (χ4v) is 2.76. The zero-order chi connectivity index (χ0) is 28.6. The smallest absolute Gasteiger partial charge is 0.550 e. The number of rotatable bonds is 11. The van der Waals surface area contributed by atoms with E-state index in [4.69, 9.17) is 10.2 Å². The minimum atomic E-state index is -1.18. The predicted octanol–water partition coefficient (Wildman–Crippen LogP) is -0.492. The summed E-state index contributed by atoms with van der Waals surface area (Å²) in [5, 5.41) is 32.8. The molecule has 2 atom stereocenters. The van der Waals surface area contributed by atoms with Crippen molar-refractivity contribution in [3.8, 4) is 11.1 Å². The van der Waals surface area contributed by atoms with Crippen LogP contribution in [0.1, 0.15) is 64.7 Å². The van der Waals surface area contributed by atoms with Crippen molar-refractivity contribution in [2.75, 3.05) is 19.9 Å². The molecule has 0 aliphatic heterocycles. The second kappa shape index (κ2) is 26.3. The number of carboxylic acid groups (broad SMARTS) is 1. The molecular weight excluding hydrogens is 499 g/mol. The van der Waals surface area contributed by atoms with Gasteiger partial charge in [-0.25, -0.2) is 0 Å². The second-order valence-corrected chi connectivity index (χ2v) is 7.31. The molecule has 0 saturated heterocycles. The first kappa shape index (κ1) is 40.2. The van der Waals surface area contributed by atoms with Gasteiger partial charge in [-0.2, -0.15) is 0 Å². The molecule has 2 aromatic carbocycles. The molecule has 2 rings (SSSR count). The quantitative estimate of drug-likeness (QED) is 0.221. The van der Waals surface area contributed by atoms with Crippen LogP contribution in [0.25, 0.3) is 11.1 Å². The summed E-state index contributed by atoms with van der Waals surface area (Å²) in [6.07, 6.45) is -0.464. The van der Waals surface area contributed by atoms with E-state index in [0.717, 1.165) is 11.1 Å². The third-order valence-corrected chi connectivity index (χ3v) is 4.33. The minimum absolute atomic E-state index is 0. The Labute approximate surface area is 249 Å². The molecule has 0 aliphatic carbocycles. The number of hydrogen-bond donors (Lipinski definition) is 4. The van der Waals surface area contributed by atoms with Crippen molar-refractivity contribution < 1.29 is 64.0 Å². The average molecular weight is 543 g/mol. The molecule has 9 nitrogen and oxygen atoms in total. The van der Waals surface area contributed by atoms with Crippen LogP contribution in [0.15, 0.2) is 54.6 Å². The van der Waals surface area contributed by atoms with Crippen LogP contribution in [0.3, 0.4) is 0 Å². The van der Waals surface area contributed by atoms with Crippen LogP contribution < -0.4 is 45.3 Å². The number of benzene rings is 2. The molecule has 2 aromatic rings. The van der Waals surface area contributed by atoms with Crippen molar-refractivity contribution in [3.63, 3.8) is 0 Å². The van der Waals surface area contributed by atoms with Gasteiger partial charge in [0.25, 0.3) is 5.91 Å². The Balaban J connectivity index is -0.000000577. The molecule has 0 radical (unpaired) electrons. The Kier molecular flexibility index (Phi) is 27.9. The van der Waals surface area contributed by atoms with E-state index in [2.05, 4.69) is 15.4 Å². The second-order valence-electron chi connectivity index (χ2n) is 7.31. The van der Waals surface area contributed by atoms with Crippen molar-refractivity contribution >= 4 is 17.8 Å². The molecule has 208 valence electrons. The molecular formula is C28H43N2NaO7. The number of ether oxygens (including phenoxy) is 1. The van der Waals surface area contributed by atoms with Crippen molar-refractivity contribution in [1.29, 1.82) is 0 Å². The van der Waals surface area contributed by atoms with Crippen molar-refractivity contribution in [1.82, 2.24) is 10.6 Å². The van der Waals surface area contributed by atoms with Crippen molar-refractivity contribution in [2.45, 2.75) is 66.5 Å². The number of nitrogens with one attached hydrogen (secondary N) is 2. The van der Waals surface area contributed by atoms with Crippen LogP contribution in [0.2, 0.25) is 0 Å². The van der Waals surface area contributed by atoms with Gasteiger partial charge >= 0.3 is 29.6 Å². The average Bonchev–Trinajstić information content (AvgIpc) is 2.91. The van der Waals surface area contributed by atoms with Gasteiger partial charge in [-0.3, -0.25) is 9.59 Å². The normalized spacial score (nSPS) is 10.7. The van der Waals surface area contributed by atoms with Crippen LogP contribution in [-0.4, -0.2) is 60.1 Å². The Morgan fingerprint density at radius 3 is 1.92 bits per heavy atom. The molecule has 38 heavy (non-hydrogen) atoms. The summed E-state index contributed by atoms with van der Waals surface area (Å²) in [7, 11) is 0. The molecule has 2 amide bonds. The largest absolute Gasteiger partial charge is 1.00 e. The number of carbonyl (C=O) groups excluding carboxylic acids is 3. The van der Waals surface area contributed by atoms with E-state index in [0.29, 0.717) is 5.56 Å². The number of amides is 2. The maximum absolute atomic E-state index is 11.8. The number of aliphatic carboxylic acids is 1. The predicted molar refractivity (Wildman–Crippen MR) is 143 cm³/mol. The van der Waals surface area contributed by atoms with E-state index in [9.17, 15) is 19.5 Å². The standard InChI is InChI=1S/C16H17NO2.C8H15NO5.2C2H6.Na/c1-12(18)11-17-16(19)15-9-7-14(8-10-15)13-5-3-2-4-6-13;1-6(11)9-7(4-14-5-10)2-3-8(12)13;2*1-2;/h2-10,12,18H,11H2,1H3,(H,17,19);7,10H,2-5H2,1H3,(H,9,11)(H,12,13);2*1-2H3;/q;;;;+1/p-1. The van der Waals surface area contributed by atoms with E-state index in [1.165, 1.54) is 6.92 Å². The van der Waals surface area contributed by atoms with Crippen LogP contribution in [0.4, 0.5) is 0 Å². The Bertz CT molecular complexity index is 863. The van der Waals surface area contributed by atoms with Gasteiger partial charge in [-0.15, -0.1) is 0 Å². The third-order valence-electron chi connectivity index (χ3n) is 4.33. The van der Waals surface area contributed by atoms with E-state index >= 15 is 0 Å². The van der Waals surface area contributed by atoms with E-state index in [-0.39, 0.29) is 67.4 Å². The molecule has 0 bridgehead atoms. The Morgan fingerprint density at radius 1 is 0.947 bits per heavy atom. The molecule has 0 heterocycles. The Morgan fingerprint density at radius 2 is 1.47 bits per heavy atom. The SMILES string of the molecule is CC.CC.CC(=O)NC(CCC(=O)[O-])COCO.CC(O)CNC(=O)c1ccc(-c2ccccc2)cc1.[Na+]. The van der Waals surface area contributed by atoms with Gasteiger partial charge in [0, 0.05) is 25.0 Å². The van der Waals surface area contributed by atoms with Gasteiger partial charge in [0.1, 0.15) is 6.79 Å². The van der Waals surface area contributed by atoms with E-state index in [1.54, 1.807) is 19.1 Å². The van der Waals surface area contributed by atoms with Crippen LogP contribution in [-0.2, 0) is 14.3 Å². The maximum Gasteiger partial charge on any atom is 1.00 e. The fourth-order valence-electron chi connectivity index (χ4n) is 2.76. The van der Waals surface area contributed by atoms with Gasteiger partial charge in [0.2, 0.25) is 5.91 Å². The summed E-state index contributed by atoms with van der Waals surface area (Å²) in [6.45, 7) is 10.9. The molecule has 0 saturated carbocycles. The van der Waals surface area contributed by atoms with Crippen molar-refractivity contribution in [3.05, 3.63) is 60.2 Å². The zero-order valence-electron chi connectivity index (χ0n) is 23.8. The zero-order valence-corrected chi connectivity index (χ0v) is 25.8. The molecule has 0 fully saturated rings. The van der Waals surface area contributed by atoms with E-state index in [1.807, 2.05) is 70.2 Å². The fraction of sp³-hybridized carbons (Fsp3) is 0.464. The summed E-state index contributed by atoms with van der Waals surface area (Å²) >= 11 is 0. The first-order valence-electron chi connectivity index (χ1n) is 12.5. The third kappa shape index (κ3) is 20.7. The summed E-state index contributed by atoms with van der Waals surface area (Å²) in [4.78, 5) is 32.6. The van der Waals surface area contributed by atoms with Crippen LogP contribution in [0.5, 0.6) is 0 Å². The van der Waals surface area contributed by atoms with Crippen LogP contribution >= 0.6 is 0 Å². The monoisotopic (exact) mass is 542 g/mol. The summed E-state index contributed by atoms with van der Waals surface area (Å²) in [6, 6.07) is 17.0. The number of hydrogen-bond acceptors (Lipinski definition) is 7. The van der Waals surface area contributed by atoms with Gasteiger partial charge in [0.05, 0.1) is 18.8 Å².